The minimum absolute atomic E-state index is 0.0218. The maximum Gasteiger partial charge on any atom is 0.404 e. The number of fused-ring (bicyclic) bond motifs is 1. The van der Waals surface area contributed by atoms with Crippen molar-refractivity contribution in [3.8, 4) is 0 Å². The first-order valence-electron chi connectivity index (χ1n) is 8.69. The number of carbonyl (C=O) groups excluding carboxylic acids is 1. The van der Waals surface area contributed by atoms with E-state index in [0.717, 1.165) is 0 Å². The zero-order valence-corrected chi connectivity index (χ0v) is 17.2. The summed E-state index contributed by atoms with van der Waals surface area (Å²) in [7, 11) is -4.78. The minimum atomic E-state index is -4.86. The molecule has 1 amide bonds. The van der Waals surface area contributed by atoms with Gasteiger partial charge in [0.2, 0.25) is 10.0 Å². The average Bonchev–Trinajstić information content (AvgIpc) is 3.17. The van der Waals surface area contributed by atoms with E-state index >= 15 is 0 Å². The van der Waals surface area contributed by atoms with Crippen LogP contribution in [-0.4, -0.2) is 31.1 Å². The number of nitrogens with one attached hydrogen (secondary N) is 2. The Kier molecular flexibility index (Phi) is 6.06. The molecule has 6 nitrogen and oxygen atoms in total. The number of halogens is 7. The fraction of sp³-hybridized carbons (Fsp3) is 0.353. The molecule has 0 bridgehead atoms. The van der Waals surface area contributed by atoms with Gasteiger partial charge < -0.3 is 9.88 Å². The molecule has 2 N–H and O–H groups in total. The summed E-state index contributed by atoms with van der Waals surface area (Å²) in [6, 6.07) is -1.42. The quantitative estimate of drug-likeness (QED) is 0.492. The number of alkyl halides is 3. The van der Waals surface area contributed by atoms with Crippen molar-refractivity contribution < 1.29 is 39.6 Å². The van der Waals surface area contributed by atoms with Crippen LogP contribution in [0.3, 0.4) is 0 Å². The predicted molar refractivity (Wildman–Crippen MR) is 97.9 cm³/mol. The van der Waals surface area contributed by atoms with Crippen LogP contribution >= 0.6 is 11.6 Å². The summed E-state index contributed by atoms with van der Waals surface area (Å²) in [6.45, 7) is 0.737. The molecule has 14 heteroatoms. The molecule has 1 aromatic heterocycles. The van der Waals surface area contributed by atoms with Gasteiger partial charge in [0, 0.05) is 30.1 Å². The number of rotatable bonds is 5. The van der Waals surface area contributed by atoms with E-state index in [2.05, 4.69) is 5.32 Å². The van der Waals surface area contributed by atoms with E-state index in [1.807, 2.05) is 0 Å². The summed E-state index contributed by atoms with van der Waals surface area (Å²) in [5.74, 6) is -5.98. The second kappa shape index (κ2) is 8.02. The van der Waals surface area contributed by atoms with Crippen molar-refractivity contribution >= 4 is 33.2 Å². The molecule has 0 radical (unpaired) electrons. The van der Waals surface area contributed by atoms with Crippen LogP contribution < -0.4 is 10.0 Å². The average molecular weight is 490 g/mol. The van der Waals surface area contributed by atoms with Crippen LogP contribution in [0, 0.1) is 17.5 Å². The molecule has 1 aromatic carbocycles. The molecule has 0 unspecified atom stereocenters. The van der Waals surface area contributed by atoms with E-state index in [4.69, 9.17) is 11.6 Å². The van der Waals surface area contributed by atoms with E-state index in [0.29, 0.717) is 25.5 Å². The maximum absolute atomic E-state index is 13.4. The standard InChI is InChI=1S/C17H14ClF6N3O3S/c1-7(17(22,23)24)26-31(29,30)15-11-3-2-4-27(11)14(12(15)18)16(28)25-8-5-9(19)13(21)10(20)6-8/h5-7,26H,2-4H2,1H3,(H,25,28)/t7-/m0/s1. The molecule has 0 fully saturated rings. The van der Waals surface area contributed by atoms with E-state index in [-0.39, 0.29) is 18.7 Å². The number of amides is 1. The number of hydrogen-bond acceptors (Lipinski definition) is 3. The SMILES string of the molecule is C[C@H](NS(=O)(=O)c1c(Cl)c(C(=O)Nc2cc(F)c(F)c(F)c2)n2c1CCC2)C(F)(F)F. The third-order valence-corrected chi connectivity index (χ3v) is 6.73. The van der Waals surface area contributed by atoms with Crippen LogP contribution in [0.25, 0.3) is 0 Å². The number of sulfonamides is 1. The third kappa shape index (κ3) is 4.39. The highest BCUT2D eigenvalue weighted by atomic mass is 35.5. The lowest BCUT2D eigenvalue weighted by molar-refractivity contribution is -0.147. The molecule has 1 atom stereocenters. The number of benzene rings is 1. The summed E-state index contributed by atoms with van der Waals surface area (Å²) >= 11 is 6.09. The Morgan fingerprint density at radius 2 is 1.77 bits per heavy atom. The fourth-order valence-electron chi connectivity index (χ4n) is 3.18. The first kappa shape index (κ1) is 23.4. The van der Waals surface area contributed by atoms with Gasteiger partial charge in [-0.1, -0.05) is 11.6 Å². The lowest BCUT2D eigenvalue weighted by atomic mass is 10.2. The molecule has 2 aromatic rings. The molecule has 170 valence electrons. The Bertz CT molecular complexity index is 1140. The normalized spacial score (nSPS) is 15.1. The molecule has 0 saturated heterocycles. The van der Waals surface area contributed by atoms with Gasteiger partial charge in [-0.2, -0.15) is 17.9 Å². The van der Waals surface area contributed by atoms with Crippen LogP contribution in [0.2, 0.25) is 5.02 Å². The van der Waals surface area contributed by atoms with Crippen molar-refractivity contribution in [2.75, 3.05) is 5.32 Å². The van der Waals surface area contributed by atoms with Gasteiger partial charge >= 0.3 is 6.18 Å². The van der Waals surface area contributed by atoms with Crippen molar-refractivity contribution in [3.05, 3.63) is 46.0 Å². The number of anilines is 1. The molecule has 0 aliphatic carbocycles. The van der Waals surface area contributed by atoms with Gasteiger partial charge in [0.25, 0.3) is 5.91 Å². The number of nitrogens with zero attached hydrogens (tertiary/aromatic N) is 1. The summed E-state index contributed by atoms with van der Waals surface area (Å²) in [4.78, 5) is 12.0. The molecule has 1 aliphatic heterocycles. The Morgan fingerprint density at radius 1 is 1.19 bits per heavy atom. The predicted octanol–water partition coefficient (Wildman–Crippen LogP) is 3.99. The van der Waals surface area contributed by atoms with E-state index < -0.39 is 66.9 Å². The second-order valence-electron chi connectivity index (χ2n) is 6.79. The lowest BCUT2D eigenvalue weighted by Gasteiger charge is -2.17. The van der Waals surface area contributed by atoms with E-state index in [9.17, 15) is 39.6 Å². The summed E-state index contributed by atoms with van der Waals surface area (Å²) in [6.07, 6.45) is -4.37. The van der Waals surface area contributed by atoms with Gasteiger partial charge in [-0.15, -0.1) is 0 Å². The summed E-state index contributed by atoms with van der Waals surface area (Å²) < 4.78 is 106. The van der Waals surface area contributed by atoms with E-state index in [1.165, 1.54) is 9.29 Å². The second-order valence-corrected chi connectivity index (χ2v) is 8.81. The van der Waals surface area contributed by atoms with Crippen molar-refractivity contribution in [1.82, 2.24) is 9.29 Å². The largest absolute Gasteiger partial charge is 0.404 e. The first-order chi connectivity index (χ1) is 14.2. The molecule has 0 spiro atoms. The summed E-state index contributed by atoms with van der Waals surface area (Å²) in [5.41, 5.74) is -0.868. The molecule has 31 heavy (non-hydrogen) atoms. The number of carbonyl (C=O) groups is 1. The Balaban J connectivity index is 2.01. The highest BCUT2D eigenvalue weighted by molar-refractivity contribution is 7.89. The van der Waals surface area contributed by atoms with Crippen LogP contribution in [0.15, 0.2) is 17.0 Å². The van der Waals surface area contributed by atoms with E-state index in [1.54, 1.807) is 0 Å². The zero-order chi connectivity index (χ0) is 23.3. The lowest BCUT2D eigenvalue weighted by Crippen LogP contribution is -2.43. The first-order valence-corrected chi connectivity index (χ1v) is 10.6. The van der Waals surface area contributed by atoms with Gasteiger partial charge in [0.05, 0.1) is 5.02 Å². The highest BCUT2D eigenvalue weighted by Gasteiger charge is 2.42. The maximum atomic E-state index is 13.4. The Morgan fingerprint density at radius 3 is 2.32 bits per heavy atom. The minimum Gasteiger partial charge on any atom is -0.338 e. The van der Waals surface area contributed by atoms with Crippen molar-refractivity contribution in [2.24, 2.45) is 0 Å². The van der Waals surface area contributed by atoms with Gasteiger partial charge in [0.1, 0.15) is 16.6 Å². The number of aromatic nitrogens is 1. The molecular weight excluding hydrogens is 476 g/mol. The third-order valence-electron chi connectivity index (χ3n) is 4.61. The molecule has 1 aliphatic rings. The number of hydrogen-bond donors (Lipinski definition) is 2. The topological polar surface area (TPSA) is 80.2 Å². The van der Waals surface area contributed by atoms with Crippen molar-refractivity contribution in [3.63, 3.8) is 0 Å². The fourth-order valence-corrected chi connectivity index (χ4v) is 5.36. The van der Waals surface area contributed by atoms with Gasteiger partial charge in [-0.05, 0) is 19.8 Å². The van der Waals surface area contributed by atoms with Gasteiger partial charge in [-0.25, -0.2) is 21.6 Å². The highest BCUT2D eigenvalue weighted by Crippen LogP contribution is 2.37. The van der Waals surface area contributed by atoms with Crippen molar-refractivity contribution in [1.29, 1.82) is 0 Å². The Labute approximate surface area is 177 Å². The Hall–Kier alpha value is -2.25. The summed E-state index contributed by atoms with van der Waals surface area (Å²) in [5, 5.41) is 1.44. The zero-order valence-electron chi connectivity index (χ0n) is 15.6. The monoisotopic (exact) mass is 489 g/mol. The molecule has 3 rings (SSSR count). The molecular formula is C17H14ClF6N3O3S. The van der Waals surface area contributed by atoms with Crippen molar-refractivity contribution in [2.45, 2.75) is 43.4 Å². The van der Waals surface area contributed by atoms with Crippen LogP contribution in [0.5, 0.6) is 0 Å². The van der Waals surface area contributed by atoms with Gasteiger partial charge in [-0.3, -0.25) is 4.79 Å². The smallest absolute Gasteiger partial charge is 0.338 e. The van der Waals surface area contributed by atoms with Crippen LogP contribution in [0.4, 0.5) is 32.0 Å². The van der Waals surface area contributed by atoms with Crippen LogP contribution in [0.1, 0.15) is 29.5 Å². The van der Waals surface area contributed by atoms with Gasteiger partial charge in [0.15, 0.2) is 17.5 Å². The van der Waals surface area contributed by atoms with Crippen LogP contribution in [-0.2, 0) is 23.0 Å². The molecule has 0 saturated carbocycles. The molecule has 2 heterocycles.